The van der Waals surface area contributed by atoms with Gasteiger partial charge in [-0.15, -0.1) is 0 Å². The van der Waals surface area contributed by atoms with Crippen molar-refractivity contribution >= 4 is 21.9 Å². The van der Waals surface area contributed by atoms with E-state index in [0.717, 1.165) is 25.9 Å². The summed E-state index contributed by atoms with van der Waals surface area (Å²) in [6, 6.07) is 7.22. The number of carbonyl (C=O) groups is 2. The third-order valence-electron chi connectivity index (χ3n) is 4.82. The van der Waals surface area contributed by atoms with Crippen LogP contribution in [0.15, 0.2) is 24.3 Å². The van der Waals surface area contributed by atoms with Crippen molar-refractivity contribution in [1.82, 2.24) is 10.2 Å². The Morgan fingerprint density at radius 3 is 1.81 bits per heavy atom. The maximum atomic E-state index is 12.2. The Kier molecular flexibility index (Phi) is 4.36. The van der Waals surface area contributed by atoms with Gasteiger partial charge >= 0.3 is 15.6 Å². The number of nitrogens with one attached hydrogen (secondary N) is 1. The van der Waals surface area contributed by atoms with E-state index in [-0.39, 0.29) is 17.9 Å². The summed E-state index contributed by atoms with van der Waals surface area (Å²) in [5.41, 5.74) is -4.03. The van der Waals surface area contributed by atoms with Gasteiger partial charge in [-0.05, 0) is 30.4 Å². The molecule has 1 aromatic carbocycles. The fourth-order valence-corrected chi connectivity index (χ4v) is 3.43. The topological polar surface area (TPSA) is 104 Å². The van der Waals surface area contributed by atoms with Crippen molar-refractivity contribution in [2.75, 3.05) is 13.1 Å². The van der Waals surface area contributed by atoms with Crippen LogP contribution in [0.3, 0.4) is 0 Å². The first-order valence-corrected chi connectivity index (χ1v) is 9.11. The molecule has 0 unspecified atom stereocenters. The number of carbonyl (C=O) groups excluding carboxylic acids is 2. The fourth-order valence-electron chi connectivity index (χ4n) is 3.43. The zero-order valence-corrected chi connectivity index (χ0v) is 14.1. The number of imide groups is 1. The number of nitrogens with zero attached hydrogens (tertiary/aromatic N) is 1. The molecule has 0 radical (unpaired) electrons. The number of hydrogen-bond acceptors (Lipinski definition) is 5. The first-order chi connectivity index (χ1) is 12.0. The van der Waals surface area contributed by atoms with Gasteiger partial charge in [0.1, 0.15) is 0 Å². The molecule has 1 saturated heterocycles. The second kappa shape index (κ2) is 6.03. The number of halogens is 3. The zero-order valence-electron chi connectivity index (χ0n) is 13.3. The highest BCUT2D eigenvalue weighted by molar-refractivity contribution is 7.86. The van der Waals surface area contributed by atoms with Crippen molar-refractivity contribution in [1.29, 1.82) is 0 Å². The maximum Gasteiger partial charge on any atom is 0.522 e. The lowest BCUT2D eigenvalue weighted by molar-refractivity contribution is -0.0510. The largest absolute Gasteiger partial charge is 0.522 e. The molecule has 7 nitrogen and oxygen atoms in total. The van der Waals surface area contributed by atoms with Gasteiger partial charge in [0, 0.05) is 19.1 Å². The molecule has 0 bridgehead atoms. The Hall–Kier alpha value is -1.98. The summed E-state index contributed by atoms with van der Waals surface area (Å²) in [5.74, 6) is -0.217. The first-order valence-electron chi connectivity index (χ1n) is 7.67. The Morgan fingerprint density at radius 1 is 1.08 bits per heavy atom. The SMILES string of the molecule is O=C1c2ccccc2C(=O)N1C1CC2(CNC2)C1.O=S(=O)(O)C(F)(F)F. The van der Waals surface area contributed by atoms with E-state index in [1.165, 1.54) is 4.90 Å². The van der Waals surface area contributed by atoms with Gasteiger partial charge in [-0.1, -0.05) is 12.1 Å². The minimum atomic E-state index is -5.84. The number of benzene rings is 1. The van der Waals surface area contributed by atoms with Crippen molar-refractivity contribution < 1.29 is 35.7 Å². The van der Waals surface area contributed by atoms with Crippen LogP contribution in [0, 0.1) is 5.41 Å². The van der Waals surface area contributed by atoms with E-state index in [2.05, 4.69) is 5.32 Å². The van der Waals surface area contributed by atoms with E-state index in [9.17, 15) is 22.8 Å². The molecule has 2 fully saturated rings. The molecule has 2 heterocycles. The van der Waals surface area contributed by atoms with E-state index in [1.54, 1.807) is 12.1 Å². The summed E-state index contributed by atoms with van der Waals surface area (Å²) < 4.78 is 57.5. The quantitative estimate of drug-likeness (QED) is 0.426. The predicted molar refractivity (Wildman–Crippen MR) is 82.9 cm³/mol. The molecule has 26 heavy (non-hydrogen) atoms. The summed E-state index contributed by atoms with van der Waals surface area (Å²) in [4.78, 5) is 26.0. The molecule has 1 aromatic rings. The van der Waals surface area contributed by atoms with E-state index in [0.29, 0.717) is 16.5 Å². The summed E-state index contributed by atoms with van der Waals surface area (Å²) in [6.07, 6.45) is 1.93. The molecule has 2 amide bonds. The molecule has 2 N–H and O–H groups in total. The fraction of sp³-hybridized carbons (Fsp3) is 0.467. The Balaban J connectivity index is 0.000000211. The Labute approximate surface area is 146 Å². The standard InChI is InChI=1S/C14H14N2O2.CHF3O3S/c17-12-10-3-1-2-4-11(10)13(18)16(12)9-5-14(6-9)7-15-8-14;2-1(3,4)8(5,6)7/h1-4,9,15H,5-8H2;(H,5,6,7). The average molecular weight is 392 g/mol. The van der Waals surface area contributed by atoms with Crippen LogP contribution in [0.1, 0.15) is 33.6 Å². The Morgan fingerprint density at radius 2 is 1.50 bits per heavy atom. The van der Waals surface area contributed by atoms with E-state index >= 15 is 0 Å². The predicted octanol–water partition coefficient (Wildman–Crippen LogP) is 1.43. The number of fused-ring (bicyclic) bond motifs is 1. The monoisotopic (exact) mass is 392 g/mol. The zero-order chi connectivity index (χ0) is 19.3. The van der Waals surface area contributed by atoms with Crippen LogP contribution in [0.25, 0.3) is 0 Å². The van der Waals surface area contributed by atoms with Crippen molar-refractivity contribution in [3.8, 4) is 0 Å². The van der Waals surface area contributed by atoms with Crippen LogP contribution in [0.2, 0.25) is 0 Å². The number of hydrogen-bond donors (Lipinski definition) is 2. The number of rotatable bonds is 1. The van der Waals surface area contributed by atoms with Gasteiger partial charge in [0.05, 0.1) is 11.1 Å². The van der Waals surface area contributed by atoms with Gasteiger partial charge in [0.15, 0.2) is 0 Å². The molecule has 4 rings (SSSR count). The highest BCUT2D eigenvalue weighted by atomic mass is 32.2. The minimum Gasteiger partial charge on any atom is -0.316 e. The number of amides is 2. The van der Waals surface area contributed by atoms with Crippen LogP contribution >= 0.6 is 0 Å². The normalized spacial score (nSPS) is 21.6. The lowest BCUT2D eigenvalue weighted by atomic mass is 9.61. The second-order valence-corrected chi connectivity index (χ2v) is 8.03. The van der Waals surface area contributed by atoms with Gasteiger partial charge in [-0.25, -0.2) is 0 Å². The molecular formula is C15H15F3N2O5S. The van der Waals surface area contributed by atoms with Gasteiger partial charge in [0.2, 0.25) is 0 Å². The summed E-state index contributed by atoms with van der Waals surface area (Å²) >= 11 is 0. The van der Waals surface area contributed by atoms with Crippen LogP contribution in [0.4, 0.5) is 13.2 Å². The van der Waals surface area contributed by atoms with Crippen LogP contribution in [-0.2, 0) is 10.1 Å². The molecule has 3 aliphatic rings. The lowest BCUT2D eigenvalue weighted by Gasteiger charge is -2.56. The summed E-state index contributed by atoms with van der Waals surface area (Å²) in [6.45, 7) is 2.07. The molecule has 0 atom stereocenters. The summed E-state index contributed by atoms with van der Waals surface area (Å²) in [5, 5.41) is 3.27. The highest BCUT2D eigenvalue weighted by Gasteiger charge is 2.54. The van der Waals surface area contributed by atoms with E-state index in [4.69, 9.17) is 13.0 Å². The molecule has 1 spiro atoms. The highest BCUT2D eigenvalue weighted by Crippen LogP contribution is 2.48. The van der Waals surface area contributed by atoms with Crippen molar-refractivity contribution in [2.45, 2.75) is 24.4 Å². The number of alkyl halides is 3. The van der Waals surface area contributed by atoms with Crippen molar-refractivity contribution in [3.05, 3.63) is 35.4 Å². The van der Waals surface area contributed by atoms with Gasteiger partial charge in [-0.2, -0.15) is 21.6 Å². The van der Waals surface area contributed by atoms with E-state index in [1.807, 2.05) is 12.1 Å². The smallest absolute Gasteiger partial charge is 0.316 e. The Bertz CT molecular complexity index is 821. The van der Waals surface area contributed by atoms with E-state index < -0.39 is 15.6 Å². The molecular weight excluding hydrogens is 377 g/mol. The molecule has 142 valence electrons. The first kappa shape index (κ1) is 18.8. The molecule has 2 aliphatic heterocycles. The maximum absolute atomic E-state index is 12.2. The second-order valence-electron chi connectivity index (χ2n) is 6.61. The third kappa shape index (κ3) is 3.10. The molecule has 1 aliphatic carbocycles. The lowest BCUT2D eigenvalue weighted by Crippen LogP contribution is -2.65. The molecule has 1 saturated carbocycles. The van der Waals surface area contributed by atoms with Gasteiger partial charge in [0.25, 0.3) is 11.8 Å². The van der Waals surface area contributed by atoms with Crippen LogP contribution in [-0.4, -0.2) is 54.3 Å². The van der Waals surface area contributed by atoms with Crippen molar-refractivity contribution in [3.63, 3.8) is 0 Å². The minimum absolute atomic E-state index is 0.109. The molecule has 11 heteroatoms. The van der Waals surface area contributed by atoms with Gasteiger partial charge in [-0.3, -0.25) is 19.0 Å². The van der Waals surface area contributed by atoms with Crippen molar-refractivity contribution in [2.24, 2.45) is 5.41 Å². The average Bonchev–Trinajstić information content (AvgIpc) is 2.69. The molecule has 0 aromatic heterocycles. The van der Waals surface area contributed by atoms with Crippen LogP contribution < -0.4 is 5.32 Å². The third-order valence-corrected chi connectivity index (χ3v) is 5.41. The summed E-state index contributed by atoms with van der Waals surface area (Å²) in [7, 11) is -5.84. The van der Waals surface area contributed by atoms with Crippen LogP contribution in [0.5, 0.6) is 0 Å². The van der Waals surface area contributed by atoms with Gasteiger partial charge < -0.3 is 5.32 Å².